The molecule has 0 amide bonds. The maximum Gasteiger partial charge on any atom is 0.506 e. The largest absolute Gasteiger partial charge is 0.506 e. The molecule has 0 aromatic heterocycles. The summed E-state index contributed by atoms with van der Waals surface area (Å²) in [5.41, 5.74) is 6.32. The minimum atomic E-state index is -0.168. The summed E-state index contributed by atoms with van der Waals surface area (Å²) in [4.78, 5) is 0. The molecule has 2 N–H and O–H groups in total. The summed E-state index contributed by atoms with van der Waals surface area (Å²) in [7, 11) is 0. The van der Waals surface area contributed by atoms with E-state index in [0.717, 1.165) is 5.69 Å². The number of anilines is 1. The van der Waals surface area contributed by atoms with Crippen molar-refractivity contribution in [3.63, 3.8) is 0 Å². The lowest BCUT2D eigenvalue weighted by Crippen LogP contribution is -2.06. The molecule has 44 valence electrons. The zero-order valence-corrected chi connectivity index (χ0v) is 7.97. The van der Waals surface area contributed by atoms with Crippen LogP contribution in [-0.4, -0.2) is 18.2 Å². The van der Waals surface area contributed by atoms with Gasteiger partial charge in [0.2, 0.25) is 0 Å². The van der Waals surface area contributed by atoms with Crippen LogP contribution in [0, 0.1) is 0 Å². The Morgan fingerprint density at radius 3 is 2.22 bits per heavy atom. The smallest absolute Gasteiger partial charge is 0.399 e. The van der Waals surface area contributed by atoms with Gasteiger partial charge in [0.05, 0.1) is 0 Å². The molecule has 0 saturated heterocycles. The van der Waals surface area contributed by atoms with Crippen molar-refractivity contribution in [1.82, 2.24) is 0 Å². The van der Waals surface area contributed by atoms with Gasteiger partial charge in [-0.1, -0.05) is 12.1 Å². The third-order valence-electron chi connectivity index (χ3n) is 1.13. The van der Waals surface area contributed by atoms with E-state index in [2.05, 4.69) is 25.0 Å². The van der Waals surface area contributed by atoms with Crippen LogP contribution in [0.5, 0.6) is 0 Å². The van der Waals surface area contributed by atoms with Crippen LogP contribution in [0.3, 0.4) is 0 Å². The first-order valence-corrected chi connectivity index (χ1v) is 7.34. The monoisotopic (exact) mass is 195 g/mol. The van der Waals surface area contributed by atoms with E-state index in [4.69, 9.17) is 5.73 Å². The lowest BCUT2D eigenvalue weighted by Gasteiger charge is -1.93. The predicted octanol–water partition coefficient (Wildman–Crippen LogP) is 0.908. The molecule has 0 atom stereocenters. The Kier molecular flexibility index (Phi) is 2.82. The second-order valence-electron chi connectivity index (χ2n) is 1.88. The highest BCUT2D eigenvalue weighted by Gasteiger charge is 1.91. The molecular formula is C6H6BrMgN. The van der Waals surface area contributed by atoms with Crippen molar-refractivity contribution in [1.29, 1.82) is 0 Å². The van der Waals surface area contributed by atoms with Gasteiger partial charge in [-0.3, -0.25) is 12.9 Å². The number of halogens is 1. The minimum Gasteiger partial charge on any atom is -0.399 e. The van der Waals surface area contributed by atoms with Crippen LogP contribution in [0.4, 0.5) is 5.69 Å². The Morgan fingerprint density at radius 2 is 1.78 bits per heavy atom. The summed E-state index contributed by atoms with van der Waals surface area (Å²) in [5.74, 6) is 0. The van der Waals surface area contributed by atoms with Crippen molar-refractivity contribution in [3.8, 4) is 0 Å². The standard InChI is InChI=1S/C6H6N.BrH.Mg/c7-6-4-2-1-3-5-6;;/h2-5H,7H2;1H;/q;;+1/p-1. The molecule has 1 nitrogen and oxygen atoms in total. The van der Waals surface area contributed by atoms with Gasteiger partial charge in [0.15, 0.2) is 0 Å². The van der Waals surface area contributed by atoms with Crippen molar-refractivity contribution >= 4 is 40.5 Å². The Bertz CT molecular complexity index is 185. The van der Waals surface area contributed by atoms with Crippen LogP contribution in [0.15, 0.2) is 24.3 Å². The third kappa shape index (κ3) is 2.16. The SMILES string of the molecule is Nc1cc[c]([Mg][Br])cc1. The number of hydrogen-bond donors (Lipinski definition) is 1. The highest BCUT2D eigenvalue weighted by Crippen LogP contribution is 1.96. The quantitative estimate of drug-likeness (QED) is 0.524. The van der Waals surface area contributed by atoms with Gasteiger partial charge >= 0.3 is 18.2 Å². The van der Waals surface area contributed by atoms with Gasteiger partial charge in [0, 0.05) is 5.69 Å². The van der Waals surface area contributed by atoms with E-state index in [0.29, 0.717) is 0 Å². The average molecular weight is 196 g/mol. The number of rotatable bonds is 1. The van der Waals surface area contributed by atoms with E-state index in [9.17, 15) is 0 Å². The first-order valence-electron chi connectivity index (χ1n) is 2.73. The van der Waals surface area contributed by atoms with Gasteiger partial charge in [-0.2, -0.15) is 3.69 Å². The van der Waals surface area contributed by atoms with Crippen LogP contribution < -0.4 is 9.43 Å². The number of benzene rings is 1. The zero-order chi connectivity index (χ0) is 6.69. The average Bonchev–Trinajstić information content (AvgIpc) is 1.90. The van der Waals surface area contributed by atoms with Gasteiger partial charge in [-0.05, 0) is 12.1 Å². The topological polar surface area (TPSA) is 26.0 Å². The van der Waals surface area contributed by atoms with Crippen LogP contribution in [-0.2, 0) is 0 Å². The molecule has 0 aliphatic carbocycles. The molecule has 1 rings (SSSR count). The molecule has 0 bridgehead atoms. The molecule has 0 aliphatic heterocycles. The second kappa shape index (κ2) is 3.44. The van der Waals surface area contributed by atoms with Crippen molar-refractivity contribution in [2.24, 2.45) is 0 Å². The Balaban J connectivity index is 2.88. The Labute approximate surface area is 70.2 Å². The van der Waals surface area contributed by atoms with E-state index >= 15 is 0 Å². The molecule has 1 aromatic carbocycles. The predicted molar refractivity (Wildman–Crippen MR) is 45.2 cm³/mol. The van der Waals surface area contributed by atoms with Crippen LogP contribution >= 0.6 is 12.9 Å². The van der Waals surface area contributed by atoms with E-state index in [1.54, 1.807) is 0 Å². The van der Waals surface area contributed by atoms with Crippen molar-refractivity contribution in [2.75, 3.05) is 5.73 Å². The molecule has 1 aromatic rings. The lowest BCUT2D eigenvalue weighted by molar-refractivity contribution is 1.73. The summed E-state index contributed by atoms with van der Waals surface area (Å²) in [6, 6.07) is 8.00. The number of nitrogens with two attached hydrogens (primary N) is 1. The van der Waals surface area contributed by atoms with Crippen LogP contribution in [0.1, 0.15) is 0 Å². The van der Waals surface area contributed by atoms with Crippen molar-refractivity contribution < 1.29 is 0 Å². The number of hydrogen-bond acceptors (Lipinski definition) is 1. The summed E-state index contributed by atoms with van der Waals surface area (Å²) < 4.78 is 1.39. The summed E-state index contributed by atoms with van der Waals surface area (Å²) >= 11 is 3.31. The van der Waals surface area contributed by atoms with E-state index in [-0.39, 0.29) is 18.2 Å². The molecule has 3 heteroatoms. The van der Waals surface area contributed by atoms with Crippen LogP contribution in [0.25, 0.3) is 0 Å². The molecule has 0 unspecified atom stereocenters. The molecule has 0 fully saturated rings. The summed E-state index contributed by atoms with van der Waals surface area (Å²) in [6.07, 6.45) is 0. The van der Waals surface area contributed by atoms with Crippen LogP contribution in [0.2, 0.25) is 0 Å². The Hall–Kier alpha value is 0.266. The van der Waals surface area contributed by atoms with Crippen molar-refractivity contribution in [2.45, 2.75) is 0 Å². The fraction of sp³-hybridized carbons (Fsp3) is 0. The normalized spacial score (nSPS) is 8.56. The van der Waals surface area contributed by atoms with Gasteiger partial charge in [-0.15, -0.1) is 0 Å². The maximum atomic E-state index is 5.48. The van der Waals surface area contributed by atoms with E-state index in [1.807, 2.05) is 12.1 Å². The zero-order valence-electron chi connectivity index (χ0n) is 4.97. The molecule has 9 heavy (non-hydrogen) atoms. The molecule has 0 saturated carbocycles. The molecular weight excluding hydrogens is 190 g/mol. The fourth-order valence-electron chi connectivity index (χ4n) is 0.607. The fourth-order valence-corrected chi connectivity index (χ4v) is 2.14. The highest BCUT2D eigenvalue weighted by molar-refractivity contribution is 9.23. The summed E-state index contributed by atoms with van der Waals surface area (Å²) in [6.45, 7) is 0. The van der Waals surface area contributed by atoms with Gasteiger partial charge in [-0.25, -0.2) is 0 Å². The molecule has 0 heterocycles. The Morgan fingerprint density at radius 1 is 1.22 bits per heavy atom. The molecule has 0 aliphatic rings. The van der Waals surface area contributed by atoms with E-state index in [1.165, 1.54) is 3.69 Å². The van der Waals surface area contributed by atoms with E-state index < -0.39 is 0 Å². The first-order chi connectivity index (χ1) is 4.33. The minimum absolute atomic E-state index is 0.168. The van der Waals surface area contributed by atoms with Crippen molar-refractivity contribution in [3.05, 3.63) is 24.3 Å². The number of nitrogen functional groups attached to an aromatic ring is 1. The lowest BCUT2D eigenvalue weighted by atomic mass is 10.3. The second-order valence-corrected chi connectivity index (χ2v) is 4.64. The maximum absolute atomic E-state index is 5.48. The third-order valence-corrected chi connectivity index (χ3v) is 3.86. The van der Waals surface area contributed by atoms with Gasteiger partial charge in [0.25, 0.3) is 0 Å². The summed E-state index contributed by atoms with van der Waals surface area (Å²) in [5, 5.41) is 0. The highest BCUT2D eigenvalue weighted by atomic mass is 79.9. The van der Waals surface area contributed by atoms with Gasteiger partial charge < -0.3 is 5.73 Å². The first kappa shape index (κ1) is 7.37. The molecule has 0 radical (unpaired) electrons. The molecule has 0 spiro atoms. The van der Waals surface area contributed by atoms with Gasteiger partial charge in [0.1, 0.15) is 0 Å².